The van der Waals surface area contributed by atoms with Crippen molar-refractivity contribution in [3.63, 3.8) is 0 Å². The minimum atomic E-state index is -4.53. The zero-order valence-electron chi connectivity index (χ0n) is 12.2. The molecule has 1 aromatic carbocycles. The quantitative estimate of drug-likeness (QED) is 0.810. The Morgan fingerprint density at radius 2 is 1.83 bits per heavy atom. The van der Waals surface area contributed by atoms with E-state index in [0.717, 1.165) is 6.42 Å². The first-order chi connectivity index (χ1) is 10.8. The number of fused-ring (bicyclic) bond motifs is 1. The highest BCUT2D eigenvalue weighted by atomic mass is 35.5. The normalized spacial score (nSPS) is 18.1. The molecule has 2 aromatic rings. The number of nitrogens with zero attached hydrogens (tertiary/aromatic N) is 1. The number of rotatable bonds is 2. The minimum absolute atomic E-state index is 0.142. The molecule has 23 heavy (non-hydrogen) atoms. The fourth-order valence-electron chi connectivity index (χ4n) is 3.00. The fraction of sp³-hybridized carbons (Fsp3) is 0.438. The van der Waals surface area contributed by atoms with Gasteiger partial charge in [-0.25, -0.2) is 0 Å². The Hall–Kier alpha value is -1.69. The van der Waals surface area contributed by atoms with Gasteiger partial charge in [-0.3, -0.25) is 4.79 Å². The van der Waals surface area contributed by atoms with Gasteiger partial charge in [0, 0.05) is 11.2 Å². The van der Waals surface area contributed by atoms with E-state index in [1.807, 2.05) is 0 Å². The third kappa shape index (κ3) is 2.92. The monoisotopic (exact) mass is 345 g/mol. The van der Waals surface area contributed by atoms with E-state index in [1.54, 1.807) is 18.2 Å². The van der Waals surface area contributed by atoms with Crippen LogP contribution in [-0.2, 0) is 0 Å². The van der Waals surface area contributed by atoms with Crippen molar-refractivity contribution in [1.82, 2.24) is 4.73 Å². The van der Waals surface area contributed by atoms with Crippen molar-refractivity contribution in [2.45, 2.75) is 43.9 Å². The second kappa shape index (κ2) is 5.74. The van der Waals surface area contributed by atoms with Gasteiger partial charge in [0.05, 0.1) is 5.39 Å². The molecule has 0 atom stereocenters. The summed E-state index contributed by atoms with van der Waals surface area (Å²) in [4.78, 5) is 17.7. The summed E-state index contributed by atoms with van der Waals surface area (Å²) in [6.45, 7) is 0. The SMILES string of the molecule is O=c1c2cc(Cl)ccc2ccn1OC1(C(F)(F)F)CCCCC1. The number of pyridine rings is 1. The van der Waals surface area contributed by atoms with E-state index >= 15 is 0 Å². The number of hydrogen-bond donors (Lipinski definition) is 0. The Labute approximate surface area is 135 Å². The summed E-state index contributed by atoms with van der Waals surface area (Å²) in [5.74, 6) is 0. The van der Waals surface area contributed by atoms with Crippen LogP contribution < -0.4 is 10.4 Å². The molecule has 3 nitrogen and oxygen atoms in total. The Kier molecular flexibility index (Phi) is 4.04. The number of hydrogen-bond acceptors (Lipinski definition) is 2. The lowest BCUT2D eigenvalue weighted by Gasteiger charge is -2.38. The molecule has 3 rings (SSSR count). The molecule has 1 aliphatic carbocycles. The second-order valence-corrected chi connectivity index (χ2v) is 6.26. The van der Waals surface area contributed by atoms with Crippen molar-refractivity contribution < 1.29 is 18.0 Å². The molecule has 1 aliphatic rings. The van der Waals surface area contributed by atoms with Crippen LogP contribution in [0.4, 0.5) is 13.2 Å². The molecule has 1 heterocycles. The summed E-state index contributed by atoms with van der Waals surface area (Å²) in [5.41, 5.74) is -2.94. The molecule has 0 unspecified atom stereocenters. The highest BCUT2D eigenvalue weighted by molar-refractivity contribution is 6.31. The van der Waals surface area contributed by atoms with E-state index < -0.39 is 17.3 Å². The average Bonchev–Trinajstić information content (AvgIpc) is 2.50. The maximum atomic E-state index is 13.5. The molecule has 124 valence electrons. The standard InChI is InChI=1S/C16H15ClF3NO2/c17-12-5-4-11-6-9-21(14(22)13(11)10-12)23-15(16(18,19)20)7-2-1-3-8-15/h4-6,9-10H,1-3,7-8H2. The lowest BCUT2D eigenvalue weighted by Crippen LogP contribution is -2.56. The van der Waals surface area contributed by atoms with Crippen LogP contribution in [0.2, 0.25) is 5.02 Å². The first-order valence-electron chi connectivity index (χ1n) is 7.40. The van der Waals surface area contributed by atoms with Crippen LogP contribution in [0.15, 0.2) is 35.3 Å². The molecule has 0 saturated heterocycles. The average molecular weight is 346 g/mol. The van der Waals surface area contributed by atoms with Crippen LogP contribution in [0.1, 0.15) is 32.1 Å². The minimum Gasteiger partial charge on any atom is -0.395 e. The highest BCUT2D eigenvalue weighted by Gasteiger charge is 2.58. The predicted octanol–water partition coefficient (Wildman–Crippen LogP) is 4.35. The third-order valence-corrected chi connectivity index (χ3v) is 4.52. The second-order valence-electron chi connectivity index (χ2n) is 5.82. The first kappa shape index (κ1) is 16.2. The summed E-state index contributed by atoms with van der Waals surface area (Å²) >= 11 is 5.87. The van der Waals surface area contributed by atoms with Gasteiger partial charge in [0.25, 0.3) is 5.56 Å². The van der Waals surface area contributed by atoms with Crippen molar-refractivity contribution in [3.8, 4) is 0 Å². The van der Waals surface area contributed by atoms with E-state index in [1.165, 1.54) is 12.3 Å². The number of aromatic nitrogens is 1. The Morgan fingerprint density at radius 1 is 1.13 bits per heavy atom. The number of alkyl halides is 3. The van der Waals surface area contributed by atoms with Gasteiger partial charge in [-0.1, -0.05) is 24.1 Å². The smallest absolute Gasteiger partial charge is 0.395 e. The van der Waals surface area contributed by atoms with Gasteiger partial charge < -0.3 is 4.84 Å². The molecule has 1 fully saturated rings. The summed E-state index contributed by atoms with van der Waals surface area (Å²) in [6.07, 6.45) is -1.99. The van der Waals surface area contributed by atoms with E-state index in [9.17, 15) is 18.0 Å². The molecule has 0 bridgehead atoms. The predicted molar refractivity (Wildman–Crippen MR) is 81.7 cm³/mol. The third-order valence-electron chi connectivity index (χ3n) is 4.29. The van der Waals surface area contributed by atoms with Crippen molar-refractivity contribution in [2.75, 3.05) is 0 Å². The Bertz CT molecular complexity index is 779. The first-order valence-corrected chi connectivity index (χ1v) is 7.77. The van der Waals surface area contributed by atoms with Gasteiger partial charge in [0.2, 0.25) is 5.60 Å². The van der Waals surface area contributed by atoms with Crippen molar-refractivity contribution >= 4 is 22.4 Å². The summed E-state index contributed by atoms with van der Waals surface area (Å²) in [6, 6.07) is 6.23. The van der Waals surface area contributed by atoms with Crippen LogP contribution >= 0.6 is 11.6 Å². The van der Waals surface area contributed by atoms with Crippen molar-refractivity contribution in [1.29, 1.82) is 0 Å². The van der Waals surface area contributed by atoms with E-state index in [0.29, 0.717) is 28.0 Å². The molecule has 0 amide bonds. The molecular weight excluding hydrogens is 331 g/mol. The molecule has 0 spiro atoms. The topological polar surface area (TPSA) is 31.2 Å². The Balaban J connectivity index is 2.06. The Morgan fingerprint density at radius 3 is 2.48 bits per heavy atom. The van der Waals surface area contributed by atoms with E-state index in [4.69, 9.17) is 16.4 Å². The zero-order valence-corrected chi connectivity index (χ0v) is 13.0. The molecule has 1 aromatic heterocycles. The summed E-state index contributed by atoms with van der Waals surface area (Å²) in [7, 11) is 0. The van der Waals surface area contributed by atoms with Crippen LogP contribution in [0, 0.1) is 0 Å². The summed E-state index contributed by atoms with van der Waals surface area (Å²) < 4.78 is 41.3. The number of halogens is 4. The molecule has 0 aliphatic heterocycles. The maximum absolute atomic E-state index is 13.5. The van der Waals surface area contributed by atoms with Gasteiger partial charge in [0.15, 0.2) is 0 Å². The number of benzene rings is 1. The van der Waals surface area contributed by atoms with Crippen LogP contribution in [0.3, 0.4) is 0 Å². The lowest BCUT2D eigenvalue weighted by molar-refractivity contribution is -0.288. The largest absolute Gasteiger partial charge is 0.430 e. The lowest BCUT2D eigenvalue weighted by atomic mass is 9.84. The van der Waals surface area contributed by atoms with Gasteiger partial charge >= 0.3 is 6.18 Å². The maximum Gasteiger partial charge on any atom is 0.430 e. The molecular formula is C16H15ClF3NO2. The molecule has 7 heteroatoms. The van der Waals surface area contributed by atoms with Gasteiger partial charge in [-0.15, -0.1) is 0 Å². The molecule has 1 saturated carbocycles. The van der Waals surface area contributed by atoms with Crippen LogP contribution in [-0.4, -0.2) is 16.5 Å². The molecule has 0 radical (unpaired) electrons. The van der Waals surface area contributed by atoms with Crippen molar-refractivity contribution in [2.24, 2.45) is 0 Å². The van der Waals surface area contributed by atoms with E-state index in [-0.39, 0.29) is 18.2 Å². The van der Waals surface area contributed by atoms with Gasteiger partial charge in [0.1, 0.15) is 0 Å². The fourth-order valence-corrected chi connectivity index (χ4v) is 3.18. The summed E-state index contributed by atoms with van der Waals surface area (Å²) in [5, 5.41) is 1.17. The van der Waals surface area contributed by atoms with Gasteiger partial charge in [-0.2, -0.15) is 17.9 Å². The molecule has 0 N–H and O–H groups in total. The van der Waals surface area contributed by atoms with Crippen molar-refractivity contribution in [3.05, 3.63) is 45.8 Å². The zero-order chi connectivity index (χ0) is 16.7. The van der Waals surface area contributed by atoms with E-state index in [2.05, 4.69) is 0 Å². The highest BCUT2D eigenvalue weighted by Crippen LogP contribution is 2.42. The van der Waals surface area contributed by atoms with Gasteiger partial charge in [-0.05, 0) is 49.3 Å². The van der Waals surface area contributed by atoms with Crippen LogP contribution in [0.25, 0.3) is 10.8 Å². The van der Waals surface area contributed by atoms with Crippen LogP contribution in [0.5, 0.6) is 0 Å².